The summed E-state index contributed by atoms with van der Waals surface area (Å²) in [6.45, 7) is -0.0543. The first-order valence-corrected chi connectivity index (χ1v) is 9.11. The van der Waals surface area contributed by atoms with E-state index in [-0.39, 0.29) is 17.9 Å². The normalized spacial score (nSPS) is 10.4. The lowest BCUT2D eigenvalue weighted by atomic mass is 10.2. The summed E-state index contributed by atoms with van der Waals surface area (Å²) in [5.74, 6) is 0.180. The lowest BCUT2D eigenvalue weighted by Crippen LogP contribution is -2.08. The van der Waals surface area contributed by atoms with Crippen LogP contribution in [0, 0.1) is 5.82 Å². The number of nitrogens with zero attached hydrogens (tertiary/aromatic N) is 1. The summed E-state index contributed by atoms with van der Waals surface area (Å²) < 4.78 is 34.5. The molecule has 0 N–H and O–H groups in total. The Bertz CT molecular complexity index is 988. The van der Waals surface area contributed by atoms with Gasteiger partial charge >= 0.3 is 5.97 Å². The number of esters is 1. The topological polar surface area (TPSA) is 66.9 Å². The monoisotopic (exact) mass is 403 g/mol. The van der Waals surface area contributed by atoms with Gasteiger partial charge in [-0.2, -0.15) is 0 Å². The molecule has 1 heterocycles. The molecule has 0 aliphatic carbocycles. The maximum absolute atomic E-state index is 13.4. The minimum atomic E-state index is -0.690. The number of methoxy groups -OCH3 is 3. The van der Waals surface area contributed by atoms with E-state index >= 15 is 0 Å². The Balaban J connectivity index is 1.76. The lowest BCUT2D eigenvalue weighted by Gasteiger charge is -2.10. The third kappa shape index (κ3) is 4.07. The summed E-state index contributed by atoms with van der Waals surface area (Å²) in [4.78, 5) is 16.8. The maximum atomic E-state index is 13.4. The van der Waals surface area contributed by atoms with Crippen LogP contribution in [0.2, 0.25) is 0 Å². The Hall–Kier alpha value is -3.13. The van der Waals surface area contributed by atoms with Crippen LogP contribution in [0.5, 0.6) is 17.2 Å². The Morgan fingerprint density at radius 2 is 1.86 bits per heavy atom. The largest absolute Gasteiger partial charge is 0.496 e. The van der Waals surface area contributed by atoms with Gasteiger partial charge in [0, 0.05) is 5.38 Å². The quantitative estimate of drug-likeness (QED) is 0.547. The van der Waals surface area contributed by atoms with Crippen LogP contribution in [0.4, 0.5) is 4.39 Å². The Morgan fingerprint density at radius 1 is 1.07 bits per heavy atom. The first-order valence-electron chi connectivity index (χ1n) is 8.23. The molecule has 0 saturated heterocycles. The van der Waals surface area contributed by atoms with Gasteiger partial charge in [0.25, 0.3) is 0 Å². The predicted molar refractivity (Wildman–Crippen MR) is 103 cm³/mol. The zero-order valence-electron chi connectivity index (χ0n) is 15.5. The fraction of sp³-hybridized carbons (Fsp3) is 0.200. The lowest BCUT2D eigenvalue weighted by molar-refractivity contribution is 0.0464. The molecule has 0 unspecified atom stereocenters. The van der Waals surface area contributed by atoms with Gasteiger partial charge < -0.3 is 18.9 Å². The Labute approximate surface area is 165 Å². The Kier molecular flexibility index (Phi) is 6.10. The third-order valence-electron chi connectivity index (χ3n) is 3.92. The van der Waals surface area contributed by atoms with Crippen molar-refractivity contribution in [2.24, 2.45) is 0 Å². The third-order valence-corrected chi connectivity index (χ3v) is 4.84. The standard InChI is InChI=1S/C20H18FNO5S/c1-24-16-8-7-12(21)9-15(16)20(23)27-10-13-11-28-19(22-13)14-5-4-6-17(25-2)18(14)26-3/h4-9,11H,10H2,1-3H3. The van der Waals surface area contributed by atoms with Gasteiger partial charge in [0.05, 0.1) is 32.6 Å². The highest BCUT2D eigenvalue weighted by Crippen LogP contribution is 2.39. The maximum Gasteiger partial charge on any atom is 0.342 e. The number of carbonyl (C=O) groups is 1. The molecule has 0 aliphatic rings. The van der Waals surface area contributed by atoms with Crippen LogP contribution in [0.25, 0.3) is 10.6 Å². The summed E-state index contributed by atoms with van der Waals surface area (Å²) in [7, 11) is 4.53. The van der Waals surface area contributed by atoms with Gasteiger partial charge in [0.15, 0.2) is 11.5 Å². The molecule has 8 heteroatoms. The number of para-hydroxylation sites is 1. The molecule has 1 aromatic heterocycles. The molecule has 0 radical (unpaired) electrons. The number of hydrogen-bond donors (Lipinski definition) is 0. The van der Waals surface area contributed by atoms with Gasteiger partial charge in [-0.05, 0) is 30.3 Å². The molecule has 0 bridgehead atoms. The van der Waals surface area contributed by atoms with Crippen molar-refractivity contribution in [1.82, 2.24) is 4.98 Å². The molecular weight excluding hydrogens is 385 g/mol. The van der Waals surface area contributed by atoms with E-state index < -0.39 is 11.8 Å². The van der Waals surface area contributed by atoms with Crippen LogP contribution in [0.1, 0.15) is 16.1 Å². The van der Waals surface area contributed by atoms with Crippen LogP contribution >= 0.6 is 11.3 Å². The number of aromatic nitrogens is 1. The smallest absolute Gasteiger partial charge is 0.342 e. The van der Waals surface area contributed by atoms with Crippen LogP contribution in [0.15, 0.2) is 41.8 Å². The summed E-state index contributed by atoms with van der Waals surface area (Å²) in [6.07, 6.45) is 0. The van der Waals surface area contributed by atoms with Gasteiger partial charge in [-0.3, -0.25) is 0 Å². The number of carbonyl (C=O) groups excluding carboxylic acids is 1. The SMILES string of the molecule is COc1ccc(F)cc1C(=O)OCc1csc(-c2cccc(OC)c2OC)n1. The molecule has 6 nitrogen and oxygen atoms in total. The molecule has 0 atom stereocenters. The van der Waals surface area contributed by atoms with Crippen molar-refractivity contribution in [3.63, 3.8) is 0 Å². The molecule has 0 fully saturated rings. The molecule has 0 spiro atoms. The number of halogens is 1. The van der Waals surface area contributed by atoms with Crippen molar-refractivity contribution in [1.29, 1.82) is 0 Å². The fourth-order valence-corrected chi connectivity index (χ4v) is 3.44. The van der Waals surface area contributed by atoms with E-state index in [0.29, 0.717) is 22.2 Å². The van der Waals surface area contributed by atoms with Crippen molar-refractivity contribution in [2.45, 2.75) is 6.61 Å². The van der Waals surface area contributed by atoms with E-state index in [1.165, 1.54) is 30.6 Å². The van der Waals surface area contributed by atoms with E-state index in [9.17, 15) is 9.18 Å². The molecule has 0 amide bonds. The van der Waals surface area contributed by atoms with Crippen molar-refractivity contribution < 1.29 is 28.1 Å². The van der Waals surface area contributed by atoms with Gasteiger partial charge in [-0.25, -0.2) is 14.2 Å². The highest BCUT2D eigenvalue weighted by molar-refractivity contribution is 7.13. The van der Waals surface area contributed by atoms with Crippen molar-refractivity contribution in [3.05, 3.63) is 58.9 Å². The van der Waals surface area contributed by atoms with E-state index in [2.05, 4.69) is 4.98 Å². The second kappa shape index (κ2) is 8.71. The highest BCUT2D eigenvalue weighted by Gasteiger charge is 2.17. The van der Waals surface area contributed by atoms with Gasteiger partial charge in [0.2, 0.25) is 0 Å². The van der Waals surface area contributed by atoms with Gasteiger partial charge in [0.1, 0.15) is 28.7 Å². The molecule has 0 aliphatic heterocycles. The van der Waals surface area contributed by atoms with Crippen LogP contribution in [-0.2, 0) is 11.3 Å². The number of hydrogen-bond acceptors (Lipinski definition) is 7. The number of thiazole rings is 1. The van der Waals surface area contributed by atoms with Gasteiger partial charge in [-0.1, -0.05) is 6.07 Å². The average Bonchev–Trinajstić information content (AvgIpc) is 3.20. The van der Waals surface area contributed by atoms with E-state index in [1.54, 1.807) is 25.7 Å². The second-order valence-electron chi connectivity index (χ2n) is 5.61. The number of benzene rings is 2. The summed E-state index contributed by atoms with van der Waals surface area (Å²) >= 11 is 1.39. The Morgan fingerprint density at radius 3 is 2.57 bits per heavy atom. The number of ether oxygens (including phenoxy) is 4. The van der Waals surface area contributed by atoms with E-state index in [4.69, 9.17) is 18.9 Å². The highest BCUT2D eigenvalue weighted by atomic mass is 32.1. The van der Waals surface area contributed by atoms with Crippen LogP contribution in [0.3, 0.4) is 0 Å². The molecule has 146 valence electrons. The molecule has 2 aromatic carbocycles. The second-order valence-corrected chi connectivity index (χ2v) is 6.46. The van der Waals surface area contributed by atoms with Gasteiger partial charge in [-0.15, -0.1) is 11.3 Å². The molecule has 3 rings (SSSR count). The van der Waals surface area contributed by atoms with Crippen LogP contribution < -0.4 is 14.2 Å². The minimum Gasteiger partial charge on any atom is -0.496 e. The molecule has 0 saturated carbocycles. The molecule has 3 aromatic rings. The molecular formula is C20H18FNO5S. The zero-order valence-corrected chi connectivity index (χ0v) is 16.3. The average molecular weight is 403 g/mol. The van der Waals surface area contributed by atoms with E-state index in [0.717, 1.165) is 11.6 Å². The minimum absolute atomic E-state index is 0.0208. The van der Waals surface area contributed by atoms with E-state index in [1.807, 2.05) is 12.1 Å². The van der Waals surface area contributed by atoms with Crippen molar-refractivity contribution in [3.8, 4) is 27.8 Å². The first-order chi connectivity index (χ1) is 13.6. The number of rotatable bonds is 7. The fourth-order valence-electron chi connectivity index (χ4n) is 2.61. The summed E-state index contributed by atoms with van der Waals surface area (Å²) in [5, 5.41) is 2.48. The van der Waals surface area contributed by atoms with Crippen molar-refractivity contribution >= 4 is 17.3 Å². The molecule has 28 heavy (non-hydrogen) atoms. The summed E-state index contributed by atoms with van der Waals surface area (Å²) in [6, 6.07) is 9.17. The zero-order chi connectivity index (χ0) is 20.1. The van der Waals surface area contributed by atoms with Crippen LogP contribution in [-0.4, -0.2) is 32.3 Å². The van der Waals surface area contributed by atoms with Crippen molar-refractivity contribution in [2.75, 3.05) is 21.3 Å². The predicted octanol–water partition coefficient (Wildman–Crippen LogP) is 4.33. The first kappa shape index (κ1) is 19.6. The summed E-state index contributed by atoms with van der Waals surface area (Å²) in [5.41, 5.74) is 1.36.